The Hall–Kier alpha value is -2.41. The van der Waals surface area contributed by atoms with Gasteiger partial charge in [0, 0.05) is 30.9 Å². The highest BCUT2D eigenvalue weighted by Gasteiger charge is 2.17. The van der Waals surface area contributed by atoms with Gasteiger partial charge in [0.05, 0.1) is 23.3 Å². The number of aryl methyl sites for hydroxylation is 2. The van der Waals surface area contributed by atoms with E-state index in [0.29, 0.717) is 6.54 Å². The molecule has 28 heavy (non-hydrogen) atoms. The predicted octanol–water partition coefficient (Wildman–Crippen LogP) is 3.85. The van der Waals surface area contributed by atoms with Crippen molar-refractivity contribution >= 4 is 28.3 Å². The maximum Gasteiger partial charge on any atom is 0.191 e. The lowest BCUT2D eigenvalue weighted by molar-refractivity contribution is 0.570. The smallest absolute Gasteiger partial charge is 0.191 e. The van der Waals surface area contributed by atoms with Crippen LogP contribution >= 0.6 is 11.3 Å². The van der Waals surface area contributed by atoms with Crippen molar-refractivity contribution in [1.82, 2.24) is 25.2 Å². The molecule has 0 aliphatic rings. The number of thiazole rings is 1. The number of imidazole rings is 1. The molecule has 0 amide bonds. The molecule has 0 radical (unpaired) electrons. The number of aromatic nitrogens is 3. The van der Waals surface area contributed by atoms with E-state index in [-0.39, 0.29) is 5.41 Å². The Morgan fingerprint density at radius 2 is 1.96 bits per heavy atom. The number of hydrogen-bond acceptors (Lipinski definition) is 4. The zero-order valence-electron chi connectivity index (χ0n) is 17.4. The largest absolute Gasteiger partial charge is 0.356 e. The molecule has 2 aromatic heterocycles. The van der Waals surface area contributed by atoms with Gasteiger partial charge in [0.25, 0.3) is 0 Å². The lowest BCUT2D eigenvalue weighted by Gasteiger charge is -2.14. The van der Waals surface area contributed by atoms with Crippen LogP contribution in [0.15, 0.2) is 34.6 Å². The summed E-state index contributed by atoms with van der Waals surface area (Å²) in [7, 11) is 1.80. The van der Waals surface area contributed by atoms with Gasteiger partial charge >= 0.3 is 0 Å². The third-order valence-corrected chi connectivity index (χ3v) is 5.50. The summed E-state index contributed by atoms with van der Waals surface area (Å²) in [6, 6.07) is 8.28. The third-order valence-electron chi connectivity index (χ3n) is 4.65. The molecule has 0 bridgehead atoms. The van der Waals surface area contributed by atoms with E-state index in [0.717, 1.165) is 47.5 Å². The predicted molar refractivity (Wildman–Crippen MR) is 118 cm³/mol. The van der Waals surface area contributed by atoms with Gasteiger partial charge in [-0.05, 0) is 25.5 Å². The van der Waals surface area contributed by atoms with Crippen LogP contribution in [0.3, 0.4) is 0 Å². The quantitative estimate of drug-likeness (QED) is 0.376. The molecule has 0 atom stereocenters. The minimum Gasteiger partial charge on any atom is -0.356 e. The van der Waals surface area contributed by atoms with E-state index in [1.807, 2.05) is 6.07 Å². The van der Waals surface area contributed by atoms with Crippen molar-refractivity contribution in [2.75, 3.05) is 13.6 Å². The van der Waals surface area contributed by atoms with Gasteiger partial charge in [-0.25, -0.2) is 9.97 Å². The highest BCUT2D eigenvalue weighted by atomic mass is 32.1. The van der Waals surface area contributed by atoms with E-state index in [4.69, 9.17) is 4.98 Å². The fourth-order valence-electron chi connectivity index (χ4n) is 3.04. The van der Waals surface area contributed by atoms with Gasteiger partial charge < -0.3 is 15.2 Å². The molecule has 6 nitrogen and oxygen atoms in total. The lowest BCUT2D eigenvalue weighted by atomic mass is 9.93. The minimum absolute atomic E-state index is 0.0876. The first-order valence-corrected chi connectivity index (χ1v) is 10.6. The van der Waals surface area contributed by atoms with Crippen LogP contribution in [0.2, 0.25) is 0 Å². The number of fused-ring (bicyclic) bond motifs is 1. The summed E-state index contributed by atoms with van der Waals surface area (Å²) in [4.78, 5) is 13.7. The molecule has 0 saturated heterocycles. The van der Waals surface area contributed by atoms with Crippen LogP contribution in [0.1, 0.15) is 43.7 Å². The molecule has 2 heterocycles. The number of guanidine groups is 1. The van der Waals surface area contributed by atoms with Gasteiger partial charge in [-0.2, -0.15) is 0 Å². The molecule has 3 rings (SSSR count). The van der Waals surface area contributed by atoms with Crippen molar-refractivity contribution in [1.29, 1.82) is 0 Å². The van der Waals surface area contributed by atoms with Crippen molar-refractivity contribution in [2.45, 2.75) is 52.6 Å². The molecular weight excluding hydrogens is 368 g/mol. The van der Waals surface area contributed by atoms with E-state index in [1.165, 1.54) is 5.52 Å². The SMILES string of the molecule is CN=C(NCCCn1c(C)nc2ccccc21)NCc1nc(C(C)(C)C)cs1. The van der Waals surface area contributed by atoms with Crippen LogP contribution in [0.5, 0.6) is 0 Å². The van der Waals surface area contributed by atoms with Crippen LogP contribution in [-0.2, 0) is 18.5 Å². The molecular formula is C21H30N6S. The molecule has 0 aliphatic carbocycles. The van der Waals surface area contributed by atoms with Gasteiger partial charge in [-0.3, -0.25) is 4.99 Å². The van der Waals surface area contributed by atoms with Gasteiger partial charge in [-0.15, -0.1) is 11.3 Å². The molecule has 7 heteroatoms. The fraction of sp³-hybridized carbons (Fsp3) is 0.476. The highest BCUT2D eigenvalue weighted by molar-refractivity contribution is 7.09. The van der Waals surface area contributed by atoms with Crippen LogP contribution in [0.25, 0.3) is 11.0 Å². The van der Waals surface area contributed by atoms with Crippen molar-refractivity contribution < 1.29 is 0 Å². The molecule has 0 spiro atoms. The summed E-state index contributed by atoms with van der Waals surface area (Å²) >= 11 is 1.69. The molecule has 0 unspecified atom stereocenters. The summed E-state index contributed by atoms with van der Waals surface area (Å²) in [6.45, 7) is 11.1. The monoisotopic (exact) mass is 398 g/mol. The second kappa shape index (κ2) is 8.73. The highest BCUT2D eigenvalue weighted by Crippen LogP contribution is 2.23. The first-order chi connectivity index (χ1) is 13.4. The summed E-state index contributed by atoms with van der Waals surface area (Å²) in [5.41, 5.74) is 3.48. The standard InChI is InChI=1S/C21H30N6S/c1-15-25-16-9-6-7-10-17(16)27(15)12-8-11-23-20(22-5)24-13-19-26-18(14-28-19)21(2,3)4/h6-7,9-10,14H,8,11-13H2,1-5H3,(H2,22,23,24). The van der Waals surface area contributed by atoms with Gasteiger partial charge in [0.15, 0.2) is 5.96 Å². The van der Waals surface area contributed by atoms with Crippen molar-refractivity contribution in [3.63, 3.8) is 0 Å². The van der Waals surface area contributed by atoms with Crippen LogP contribution in [0, 0.1) is 6.92 Å². The number of nitrogens with one attached hydrogen (secondary N) is 2. The van der Waals surface area contributed by atoms with E-state index in [9.17, 15) is 0 Å². The Morgan fingerprint density at radius 1 is 1.18 bits per heavy atom. The molecule has 3 aromatic rings. The number of aliphatic imine (C=N–C) groups is 1. The van der Waals surface area contributed by atoms with Crippen LogP contribution in [0.4, 0.5) is 0 Å². The minimum atomic E-state index is 0.0876. The normalized spacial score (nSPS) is 12.5. The van der Waals surface area contributed by atoms with Crippen molar-refractivity contribution in [3.8, 4) is 0 Å². The van der Waals surface area contributed by atoms with Crippen LogP contribution in [-0.4, -0.2) is 34.1 Å². The maximum atomic E-state index is 4.72. The zero-order chi connectivity index (χ0) is 20.1. The number of para-hydroxylation sites is 2. The second-order valence-corrected chi connectivity index (χ2v) is 8.82. The molecule has 0 saturated carbocycles. The molecule has 1 aromatic carbocycles. The Morgan fingerprint density at radius 3 is 2.68 bits per heavy atom. The van der Waals surface area contributed by atoms with E-state index in [1.54, 1.807) is 18.4 Å². The Bertz CT molecular complexity index is 947. The van der Waals surface area contributed by atoms with Gasteiger partial charge in [0.1, 0.15) is 10.8 Å². The number of hydrogen-bond donors (Lipinski definition) is 2. The summed E-state index contributed by atoms with van der Waals surface area (Å²) in [5.74, 6) is 1.86. The topological polar surface area (TPSA) is 67.1 Å². The maximum absolute atomic E-state index is 4.72. The Labute approximate surface area is 171 Å². The average molecular weight is 399 g/mol. The molecule has 0 aliphatic heterocycles. The van der Waals surface area contributed by atoms with E-state index >= 15 is 0 Å². The van der Waals surface area contributed by atoms with Crippen molar-refractivity contribution in [3.05, 3.63) is 46.2 Å². The average Bonchev–Trinajstić information content (AvgIpc) is 3.25. The summed E-state index contributed by atoms with van der Waals surface area (Å²) in [5, 5.41) is 9.96. The number of rotatable bonds is 6. The Kier molecular flexibility index (Phi) is 6.34. The number of benzene rings is 1. The molecule has 2 N–H and O–H groups in total. The zero-order valence-corrected chi connectivity index (χ0v) is 18.2. The number of nitrogens with zero attached hydrogens (tertiary/aromatic N) is 4. The van der Waals surface area contributed by atoms with E-state index < -0.39 is 0 Å². The summed E-state index contributed by atoms with van der Waals surface area (Å²) < 4.78 is 2.27. The summed E-state index contributed by atoms with van der Waals surface area (Å²) in [6.07, 6.45) is 0.993. The van der Waals surface area contributed by atoms with Crippen LogP contribution < -0.4 is 10.6 Å². The first-order valence-electron chi connectivity index (χ1n) is 9.70. The first kappa shape index (κ1) is 20.3. The van der Waals surface area contributed by atoms with Crippen molar-refractivity contribution in [2.24, 2.45) is 4.99 Å². The second-order valence-electron chi connectivity index (χ2n) is 7.88. The third kappa shape index (κ3) is 4.90. The molecule has 150 valence electrons. The molecule has 0 fully saturated rings. The lowest BCUT2D eigenvalue weighted by Crippen LogP contribution is -2.37. The Balaban J connectivity index is 1.47. The fourth-order valence-corrected chi connectivity index (χ4v) is 4.00. The van der Waals surface area contributed by atoms with Gasteiger partial charge in [0.2, 0.25) is 0 Å². The van der Waals surface area contributed by atoms with Gasteiger partial charge in [-0.1, -0.05) is 32.9 Å². The van der Waals surface area contributed by atoms with E-state index in [2.05, 4.69) is 76.5 Å².